The van der Waals surface area contributed by atoms with Crippen molar-refractivity contribution in [1.82, 2.24) is 14.9 Å². The van der Waals surface area contributed by atoms with Gasteiger partial charge in [-0.15, -0.1) is 11.8 Å². The van der Waals surface area contributed by atoms with Crippen molar-refractivity contribution in [1.29, 1.82) is 0 Å². The minimum absolute atomic E-state index is 0.00522. The van der Waals surface area contributed by atoms with Crippen molar-refractivity contribution in [3.05, 3.63) is 59.1 Å². The van der Waals surface area contributed by atoms with Crippen molar-refractivity contribution >= 4 is 40.3 Å². The number of hydrogen-bond donors (Lipinski definition) is 1. The topological polar surface area (TPSA) is 46.9 Å². The fourth-order valence-corrected chi connectivity index (χ4v) is 3.84. The van der Waals surface area contributed by atoms with E-state index in [9.17, 15) is 9.18 Å². The van der Waals surface area contributed by atoms with Crippen LogP contribution in [0.1, 0.15) is 12.2 Å². The Morgan fingerprint density at radius 2 is 2.12 bits per heavy atom. The second-order valence-electron chi connectivity index (χ2n) is 5.85. The number of thioether (sulfide) groups is 1. The van der Waals surface area contributed by atoms with Gasteiger partial charge in [0.1, 0.15) is 11.6 Å². The van der Waals surface area contributed by atoms with E-state index in [4.69, 9.17) is 11.6 Å². The minimum atomic E-state index is -0.281. The van der Waals surface area contributed by atoms with Crippen LogP contribution in [-0.2, 0) is 18.3 Å². The van der Waals surface area contributed by atoms with E-state index in [1.165, 1.54) is 12.1 Å². The zero-order valence-corrected chi connectivity index (χ0v) is 15.9. The Kier molecular flexibility index (Phi) is 6.16. The quantitative estimate of drug-likeness (QED) is 0.614. The molecule has 1 heterocycles. The zero-order valence-electron chi connectivity index (χ0n) is 14.3. The smallest absolute Gasteiger partial charge is 0.220 e. The number of aryl methyl sites for hydroxylation is 1. The van der Waals surface area contributed by atoms with Crippen LogP contribution in [0.3, 0.4) is 0 Å². The SMILES string of the molecule is Cn1c(CCNC(=O)CCSc2ccccc2Cl)nc2ccc(F)cc21. The molecule has 3 aromatic rings. The second-order valence-corrected chi connectivity index (χ2v) is 7.39. The summed E-state index contributed by atoms with van der Waals surface area (Å²) in [5.41, 5.74) is 1.51. The van der Waals surface area contributed by atoms with Crippen LogP contribution in [0.15, 0.2) is 47.4 Å². The summed E-state index contributed by atoms with van der Waals surface area (Å²) < 4.78 is 15.2. The molecule has 7 heteroatoms. The maximum absolute atomic E-state index is 13.3. The third-order valence-corrected chi connectivity index (χ3v) is 5.55. The van der Waals surface area contributed by atoms with E-state index >= 15 is 0 Å². The van der Waals surface area contributed by atoms with Gasteiger partial charge >= 0.3 is 0 Å². The summed E-state index contributed by atoms with van der Waals surface area (Å²) in [4.78, 5) is 17.4. The van der Waals surface area contributed by atoms with Crippen LogP contribution in [0.5, 0.6) is 0 Å². The molecule has 136 valence electrons. The first-order chi connectivity index (χ1) is 12.5. The van der Waals surface area contributed by atoms with Crippen LogP contribution in [0.4, 0.5) is 4.39 Å². The number of carbonyl (C=O) groups is 1. The highest BCUT2D eigenvalue weighted by Crippen LogP contribution is 2.26. The number of benzene rings is 2. The number of rotatable bonds is 7. The lowest BCUT2D eigenvalue weighted by Crippen LogP contribution is -2.26. The van der Waals surface area contributed by atoms with Crippen LogP contribution in [0, 0.1) is 5.82 Å². The number of amides is 1. The summed E-state index contributed by atoms with van der Waals surface area (Å²) in [6, 6.07) is 12.1. The van der Waals surface area contributed by atoms with Gasteiger partial charge in [0, 0.05) is 37.1 Å². The average molecular weight is 392 g/mol. The number of hydrogen-bond acceptors (Lipinski definition) is 3. The zero-order chi connectivity index (χ0) is 18.5. The molecule has 0 unspecified atom stereocenters. The maximum atomic E-state index is 13.3. The van der Waals surface area contributed by atoms with Gasteiger partial charge < -0.3 is 9.88 Å². The number of nitrogens with zero attached hydrogens (tertiary/aromatic N) is 2. The van der Waals surface area contributed by atoms with Crippen molar-refractivity contribution in [2.24, 2.45) is 7.05 Å². The fourth-order valence-electron chi connectivity index (χ4n) is 2.65. The number of imidazole rings is 1. The summed E-state index contributed by atoms with van der Waals surface area (Å²) in [7, 11) is 1.85. The molecule has 4 nitrogen and oxygen atoms in total. The van der Waals surface area contributed by atoms with Crippen molar-refractivity contribution in [2.75, 3.05) is 12.3 Å². The molecule has 2 aromatic carbocycles. The third kappa shape index (κ3) is 4.56. The summed E-state index contributed by atoms with van der Waals surface area (Å²) in [5, 5.41) is 3.61. The number of aromatic nitrogens is 2. The van der Waals surface area contributed by atoms with Gasteiger partial charge in [0.2, 0.25) is 5.91 Å². The normalized spacial score (nSPS) is 11.0. The molecule has 0 atom stereocenters. The van der Waals surface area contributed by atoms with Crippen LogP contribution >= 0.6 is 23.4 Å². The minimum Gasteiger partial charge on any atom is -0.356 e. The van der Waals surface area contributed by atoms with Gasteiger partial charge in [0.15, 0.2) is 0 Å². The van der Waals surface area contributed by atoms with Crippen LogP contribution in [0.25, 0.3) is 11.0 Å². The van der Waals surface area contributed by atoms with Gasteiger partial charge in [0.25, 0.3) is 0 Å². The van der Waals surface area contributed by atoms with Crippen LogP contribution < -0.4 is 5.32 Å². The average Bonchev–Trinajstić information content (AvgIpc) is 2.92. The molecule has 26 heavy (non-hydrogen) atoms. The summed E-state index contributed by atoms with van der Waals surface area (Å²) in [6.45, 7) is 0.495. The molecular weight excluding hydrogens is 373 g/mol. The third-order valence-electron chi connectivity index (χ3n) is 4.03. The van der Waals surface area contributed by atoms with Gasteiger partial charge in [-0.05, 0) is 30.3 Å². The van der Waals surface area contributed by atoms with Gasteiger partial charge in [-0.2, -0.15) is 0 Å². The standard InChI is InChI=1S/C19H19ClFN3OS/c1-24-16-12-13(21)6-7-15(16)23-18(24)8-10-22-19(25)9-11-26-17-5-3-2-4-14(17)20/h2-7,12H,8-11H2,1H3,(H,22,25). The molecule has 1 amide bonds. The molecule has 3 rings (SSSR count). The van der Waals surface area contributed by atoms with Gasteiger partial charge in [0.05, 0.1) is 16.1 Å². The fraction of sp³-hybridized carbons (Fsp3) is 0.263. The molecule has 0 bridgehead atoms. The van der Waals surface area contributed by atoms with E-state index in [0.29, 0.717) is 30.2 Å². The Labute approximate surface area is 160 Å². The summed E-state index contributed by atoms with van der Waals surface area (Å²) in [5.74, 6) is 1.20. The molecule has 0 spiro atoms. The molecular formula is C19H19ClFN3OS. The Morgan fingerprint density at radius 1 is 1.31 bits per heavy atom. The molecule has 1 N–H and O–H groups in total. The van der Waals surface area contributed by atoms with Crippen LogP contribution in [-0.4, -0.2) is 27.8 Å². The summed E-state index contributed by atoms with van der Waals surface area (Å²) in [6.07, 6.45) is 1.01. The molecule has 0 aliphatic heterocycles. The van der Waals surface area contributed by atoms with Crippen molar-refractivity contribution < 1.29 is 9.18 Å². The molecule has 0 aliphatic carbocycles. The number of nitrogens with one attached hydrogen (secondary N) is 1. The molecule has 0 saturated heterocycles. The lowest BCUT2D eigenvalue weighted by atomic mass is 10.3. The monoisotopic (exact) mass is 391 g/mol. The first-order valence-electron chi connectivity index (χ1n) is 8.29. The largest absolute Gasteiger partial charge is 0.356 e. The highest BCUT2D eigenvalue weighted by molar-refractivity contribution is 7.99. The highest BCUT2D eigenvalue weighted by atomic mass is 35.5. The first-order valence-corrected chi connectivity index (χ1v) is 9.66. The van der Waals surface area contributed by atoms with Crippen molar-refractivity contribution in [2.45, 2.75) is 17.7 Å². The Hall–Kier alpha value is -2.05. The van der Waals surface area contributed by atoms with E-state index in [-0.39, 0.29) is 11.7 Å². The predicted molar refractivity (Wildman–Crippen MR) is 104 cm³/mol. The molecule has 0 fully saturated rings. The Balaban J connectivity index is 1.45. The van der Waals surface area contributed by atoms with E-state index in [2.05, 4.69) is 10.3 Å². The van der Waals surface area contributed by atoms with Crippen molar-refractivity contribution in [3.63, 3.8) is 0 Å². The lowest BCUT2D eigenvalue weighted by Gasteiger charge is -2.06. The van der Waals surface area contributed by atoms with Gasteiger partial charge in [-0.1, -0.05) is 23.7 Å². The highest BCUT2D eigenvalue weighted by Gasteiger charge is 2.09. The Morgan fingerprint density at radius 3 is 2.92 bits per heavy atom. The predicted octanol–water partition coefficient (Wildman–Crippen LogP) is 4.21. The molecule has 0 aliphatic rings. The van der Waals surface area contributed by atoms with E-state index in [1.807, 2.05) is 35.9 Å². The maximum Gasteiger partial charge on any atom is 0.220 e. The van der Waals surface area contributed by atoms with E-state index < -0.39 is 0 Å². The number of fused-ring (bicyclic) bond motifs is 1. The molecule has 0 radical (unpaired) electrons. The molecule has 1 aromatic heterocycles. The van der Waals surface area contributed by atoms with E-state index in [1.54, 1.807) is 17.8 Å². The second kappa shape index (κ2) is 8.56. The van der Waals surface area contributed by atoms with E-state index in [0.717, 1.165) is 21.8 Å². The van der Waals surface area contributed by atoms with Gasteiger partial charge in [-0.25, -0.2) is 9.37 Å². The van der Waals surface area contributed by atoms with Crippen molar-refractivity contribution in [3.8, 4) is 0 Å². The van der Waals surface area contributed by atoms with Gasteiger partial charge in [-0.3, -0.25) is 4.79 Å². The first kappa shape index (κ1) is 18.7. The molecule has 0 saturated carbocycles. The lowest BCUT2D eigenvalue weighted by molar-refractivity contribution is -0.120. The Bertz CT molecular complexity index is 928. The number of halogens is 2. The van der Waals surface area contributed by atoms with Crippen LogP contribution in [0.2, 0.25) is 5.02 Å². The number of carbonyl (C=O) groups excluding carboxylic acids is 1. The summed E-state index contributed by atoms with van der Waals surface area (Å²) >= 11 is 7.66.